The minimum Gasteiger partial charge on any atom is -0.476 e. The van der Waals surface area contributed by atoms with Gasteiger partial charge >= 0.3 is 0 Å². The first kappa shape index (κ1) is 13.4. The number of hydrogen-bond acceptors (Lipinski definition) is 4. The zero-order chi connectivity index (χ0) is 14.0. The second-order valence-electron chi connectivity index (χ2n) is 4.69. The molecule has 1 aliphatic heterocycles. The maximum Gasteiger partial charge on any atom is 0.276 e. The number of fused-ring (bicyclic) bond motifs is 1. The lowest BCUT2D eigenvalue weighted by Gasteiger charge is -2.34. The van der Waals surface area contributed by atoms with E-state index in [1.807, 2.05) is 19.9 Å². The van der Waals surface area contributed by atoms with E-state index in [2.05, 4.69) is 5.43 Å². The molecule has 0 bridgehead atoms. The van der Waals surface area contributed by atoms with E-state index in [1.165, 1.54) is 0 Å². The van der Waals surface area contributed by atoms with Crippen LogP contribution in [0.5, 0.6) is 5.75 Å². The number of nitrogens with zero attached hydrogens (tertiary/aromatic N) is 1. The van der Waals surface area contributed by atoms with E-state index < -0.39 is 12.0 Å². The summed E-state index contributed by atoms with van der Waals surface area (Å²) < 4.78 is 5.56. The first-order valence-electron chi connectivity index (χ1n) is 6.12. The molecule has 0 spiro atoms. The van der Waals surface area contributed by atoms with E-state index in [9.17, 15) is 9.59 Å². The standard InChI is InChI=1S/C13H17N3O3/c1-8(2)13(18)16-7-11(12(17)15-14)19-10-6-4-3-5-9(10)16/h3-6,8,11H,7,14H2,1-2H3,(H,15,17)/t11-/m1/s1. The molecule has 0 saturated heterocycles. The van der Waals surface area contributed by atoms with Gasteiger partial charge in [0.25, 0.3) is 5.91 Å². The van der Waals surface area contributed by atoms with Crippen molar-refractivity contribution in [1.82, 2.24) is 5.43 Å². The average Bonchev–Trinajstić information content (AvgIpc) is 2.44. The fourth-order valence-corrected chi connectivity index (χ4v) is 1.98. The number of carbonyl (C=O) groups excluding carboxylic acids is 2. The summed E-state index contributed by atoms with van der Waals surface area (Å²) >= 11 is 0. The van der Waals surface area contributed by atoms with E-state index in [0.717, 1.165) is 0 Å². The van der Waals surface area contributed by atoms with Gasteiger partial charge in [0.05, 0.1) is 12.2 Å². The maximum atomic E-state index is 12.2. The van der Waals surface area contributed by atoms with Gasteiger partial charge in [0.1, 0.15) is 5.75 Å². The van der Waals surface area contributed by atoms with Crippen LogP contribution in [0.25, 0.3) is 0 Å². The molecule has 6 heteroatoms. The number of hydrogen-bond donors (Lipinski definition) is 2. The van der Waals surface area contributed by atoms with Crippen LogP contribution in [0, 0.1) is 5.92 Å². The number of para-hydroxylation sites is 2. The number of anilines is 1. The van der Waals surface area contributed by atoms with Crippen molar-refractivity contribution in [2.45, 2.75) is 20.0 Å². The van der Waals surface area contributed by atoms with Crippen LogP contribution < -0.4 is 20.9 Å². The van der Waals surface area contributed by atoms with Crippen LogP contribution in [0.15, 0.2) is 24.3 Å². The smallest absolute Gasteiger partial charge is 0.276 e. The lowest BCUT2D eigenvalue weighted by molar-refractivity contribution is -0.128. The van der Waals surface area contributed by atoms with Gasteiger partial charge in [0.15, 0.2) is 6.10 Å². The second-order valence-corrected chi connectivity index (χ2v) is 4.69. The number of benzene rings is 1. The lowest BCUT2D eigenvalue weighted by atomic mass is 10.1. The molecule has 102 valence electrons. The van der Waals surface area contributed by atoms with Gasteiger partial charge in [-0.05, 0) is 12.1 Å². The van der Waals surface area contributed by atoms with Crippen molar-refractivity contribution in [2.24, 2.45) is 11.8 Å². The molecule has 1 atom stereocenters. The number of rotatable bonds is 2. The van der Waals surface area contributed by atoms with E-state index in [-0.39, 0.29) is 18.4 Å². The van der Waals surface area contributed by atoms with E-state index >= 15 is 0 Å². The van der Waals surface area contributed by atoms with Gasteiger partial charge in [-0.15, -0.1) is 0 Å². The van der Waals surface area contributed by atoms with Crippen LogP contribution in [0.4, 0.5) is 5.69 Å². The minimum absolute atomic E-state index is 0.0504. The van der Waals surface area contributed by atoms with E-state index in [4.69, 9.17) is 10.6 Å². The third-order valence-corrected chi connectivity index (χ3v) is 2.97. The van der Waals surface area contributed by atoms with Crippen LogP contribution in [0.3, 0.4) is 0 Å². The normalized spacial score (nSPS) is 17.7. The zero-order valence-electron chi connectivity index (χ0n) is 10.9. The molecule has 0 fully saturated rings. The molecule has 0 aliphatic carbocycles. The van der Waals surface area contributed by atoms with Crippen molar-refractivity contribution in [3.8, 4) is 5.75 Å². The molecule has 19 heavy (non-hydrogen) atoms. The van der Waals surface area contributed by atoms with Crippen LogP contribution in [-0.2, 0) is 9.59 Å². The Bertz CT molecular complexity index is 502. The Morgan fingerprint density at radius 3 is 2.74 bits per heavy atom. The monoisotopic (exact) mass is 263 g/mol. The molecule has 1 aromatic carbocycles. The highest BCUT2D eigenvalue weighted by Crippen LogP contribution is 2.33. The molecule has 1 heterocycles. The molecule has 0 radical (unpaired) electrons. The average molecular weight is 263 g/mol. The topological polar surface area (TPSA) is 84.7 Å². The van der Waals surface area contributed by atoms with Crippen LogP contribution in [-0.4, -0.2) is 24.5 Å². The number of carbonyl (C=O) groups is 2. The lowest BCUT2D eigenvalue weighted by Crippen LogP contribution is -2.52. The Labute approximate surface area is 111 Å². The zero-order valence-corrected chi connectivity index (χ0v) is 10.9. The van der Waals surface area contributed by atoms with Crippen molar-refractivity contribution in [3.05, 3.63) is 24.3 Å². The number of ether oxygens (including phenoxy) is 1. The summed E-state index contributed by atoms with van der Waals surface area (Å²) in [5.41, 5.74) is 2.73. The van der Waals surface area contributed by atoms with Crippen molar-refractivity contribution in [1.29, 1.82) is 0 Å². The number of nitrogens with two attached hydrogens (primary N) is 1. The van der Waals surface area contributed by atoms with Gasteiger partial charge < -0.3 is 9.64 Å². The fraction of sp³-hybridized carbons (Fsp3) is 0.385. The molecule has 0 aromatic heterocycles. The predicted molar refractivity (Wildman–Crippen MR) is 70.4 cm³/mol. The quantitative estimate of drug-likeness (QED) is 0.460. The molecule has 0 unspecified atom stereocenters. The number of hydrazine groups is 1. The van der Waals surface area contributed by atoms with Crippen LogP contribution >= 0.6 is 0 Å². The fourth-order valence-electron chi connectivity index (χ4n) is 1.98. The largest absolute Gasteiger partial charge is 0.476 e. The Morgan fingerprint density at radius 1 is 1.42 bits per heavy atom. The van der Waals surface area contributed by atoms with Crippen molar-refractivity contribution < 1.29 is 14.3 Å². The molecule has 1 aliphatic rings. The number of amides is 2. The maximum absolute atomic E-state index is 12.2. The van der Waals surface area contributed by atoms with Crippen molar-refractivity contribution >= 4 is 17.5 Å². The highest BCUT2D eigenvalue weighted by Gasteiger charge is 2.34. The van der Waals surface area contributed by atoms with Gasteiger partial charge in [-0.1, -0.05) is 26.0 Å². The van der Waals surface area contributed by atoms with E-state index in [1.54, 1.807) is 23.1 Å². The SMILES string of the molecule is CC(C)C(=O)N1C[C@H](C(=O)NN)Oc2ccccc21. The summed E-state index contributed by atoms with van der Waals surface area (Å²) in [7, 11) is 0. The molecule has 6 nitrogen and oxygen atoms in total. The first-order chi connectivity index (χ1) is 9.04. The molecule has 3 N–H and O–H groups in total. The highest BCUT2D eigenvalue weighted by molar-refractivity contribution is 5.98. The van der Waals surface area contributed by atoms with E-state index in [0.29, 0.717) is 11.4 Å². The molecular formula is C13H17N3O3. The minimum atomic E-state index is -0.789. The first-order valence-corrected chi connectivity index (χ1v) is 6.12. The molecular weight excluding hydrogens is 246 g/mol. The molecule has 1 aromatic rings. The van der Waals surface area contributed by atoms with Gasteiger partial charge in [0.2, 0.25) is 5.91 Å². The summed E-state index contributed by atoms with van der Waals surface area (Å²) in [6, 6.07) is 7.14. The molecule has 2 amide bonds. The third kappa shape index (κ3) is 2.53. The summed E-state index contributed by atoms with van der Waals surface area (Å²) in [5, 5.41) is 0. The summed E-state index contributed by atoms with van der Waals surface area (Å²) in [4.78, 5) is 25.4. The Kier molecular flexibility index (Phi) is 3.71. The summed E-state index contributed by atoms with van der Waals surface area (Å²) in [6.07, 6.45) is -0.789. The second kappa shape index (κ2) is 5.27. The Morgan fingerprint density at radius 2 is 2.11 bits per heavy atom. The van der Waals surface area contributed by atoms with Crippen LogP contribution in [0.2, 0.25) is 0 Å². The van der Waals surface area contributed by atoms with Crippen molar-refractivity contribution in [3.63, 3.8) is 0 Å². The van der Waals surface area contributed by atoms with Crippen molar-refractivity contribution in [2.75, 3.05) is 11.4 Å². The van der Waals surface area contributed by atoms with Gasteiger partial charge in [-0.25, -0.2) is 5.84 Å². The highest BCUT2D eigenvalue weighted by atomic mass is 16.5. The number of nitrogens with one attached hydrogen (secondary N) is 1. The van der Waals surface area contributed by atoms with Crippen LogP contribution in [0.1, 0.15) is 13.8 Å². The summed E-state index contributed by atoms with van der Waals surface area (Å²) in [5.74, 6) is 4.97. The Hall–Kier alpha value is -2.08. The van der Waals surface area contributed by atoms with Gasteiger partial charge in [0, 0.05) is 5.92 Å². The van der Waals surface area contributed by atoms with Gasteiger partial charge in [-0.2, -0.15) is 0 Å². The molecule has 2 rings (SSSR count). The van der Waals surface area contributed by atoms with Gasteiger partial charge in [-0.3, -0.25) is 15.0 Å². The Balaban J connectivity index is 2.36. The predicted octanol–water partition coefficient (Wildman–Crippen LogP) is 0.427. The molecule has 0 saturated carbocycles. The third-order valence-electron chi connectivity index (χ3n) is 2.97. The summed E-state index contributed by atoms with van der Waals surface area (Å²) in [6.45, 7) is 3.80.